The zero-order valence-corrected chi connectivity index (χ0v) is 10.1. The van der Waals surface area contributed by atoms with Crippen molar-refractivity contribution in [3.8, 4) is 18.2 Å². The Balaban J connectivity index is 2.73. The Bertz CT molecular complexity index is 524. The van der Waals surface area contributed by atoms with Gasteiger partial charge >= 0.3 is 0 Å². The lowest BCUT2D eigenvalue weighted by molar-refractivity contribution is -0.306. The van der Waals surface area contributed by atoms with Gasteiger partial charge in [-0.1, -0.05) is 6.92 Å². The number of hydrogen-bond donors (Lipinski definition) is 1. The maximum Gasteiger partial charge on any atom is 0.212 e. The van der Waals surface area contributed by atoms with Crippen molar-refractivity contribution in [2.24, 2.45) is 10.8 Å². The minimum absolute atomic E-state index is 0.0283. The highest BCUT2D eigenvalue weighted by Crippen LogP contribution is 2.59. The van der Waals surface area contributed by atoms with Crippen LogP contribution in [0.1, 0.15) is 26.7 Å². The number of fused-ring (bicyclic) bond motifs is 3. The molecule has 0 saturated carbocycles. The zero-order valence-electron chi connectivity index (χ0n) is 10.1. The first-order valence-electron chi connectivity index (χ1n) is 5.63. The summed E-state index contributed by atoms with van der Waals surface area (Å²) < 4.78 is 11.0. The number of nitrogens with zero attached hydrogens (tertiary/aromatic N) is 3. The van der Waals surface area contributed by atoms with Gasteiger partial charge in [0, 0.05) is 13.3 Å². The molecule has 0 unspecified atom stereocenters. The summed E-state index contributed by atoms with van der Waals surface area (Å²) in [6.07, 6.45) is -0.277. The Kier molecular flexibility index (Phi) is 2.37. The average Bonchev–Trinajstić information content (AvgIpc) is 2.36. The number of ether oxygens (including phenoxy) is 2. The van der Waals surface area contributed by atoms with Gasteiger partial charge < -0.3 is 9.47 Å². The maximum atomic E-state index is 9.47. The van der Waals surface area contributed by atoms with E-state index >= 15 is 0 Å². The van der Waals surface area contributed by atoms with Crippen LogP contribution in [-0.4, -0.2) is 17.8 Å². The van der Waals surface area contributed by atoms with E-state index in [0.717, 1.165) is 0 Å². The molecular weight excluding hydrogens is 232 g/mol. The third-order valence-electron chi connectivity index (χ3n) is 3.74. The largest absolute Gasteiger partial charge is 0.448 e. The SMILES string of the molecule is CC[C@@H]1O[C@@]2(C)CC(C#N)(C#N)[C@@]1(C#N)C(=N)O2. The Morgan fingerprint density at radius 2 is 1.94 bits per heavy atom. The Labute approximate surface area is 105 Å². The van der Waals surface area contributed by atoms with Crippen molar-refractivity contribution in [1.82, 2.24) is 0 Å². The van der Waals surface area contributed by atoms with Gasteiger partial charge in [0.2, 0.25) is 11.7 Å². The van der Waals surface area contributed by atoms with Gasteiger partial charge in [0.05, 0.1) is 24.3 Å². The minimum atomic E-state index is -1.64. The highest BCUT2D eigenvalue weighted by molar-refractivity contribution is 5.88. The van der Waals surface area contributed by atoms with Crippen molar-refractivity contribution in [3.05, 3.63) is 0 Å². The topological polar surface area (TPSA) is 114 Å². The smallest absolute Gasteiger partial charge is 0.212 e. The fraction of sp³-hybridized carbons (Fsp3) is 0.667. The molecule has 3 aliphatic heterocycles. The molecule has 3 heterocycles. The fourth-order valence-corrected chi connectivity index (χ4v) is 2.91. The molecule has 3 rings (SSSR count). The van der Waals surface area contributed by atoms with Gasteiger partial charge in [0.1, 0.15) is 0 Å². The molecule has 2 bridgehead atoms. The number of nitrogens with one attached hydrogen (secondary N) is 1. The summed E-state index contributed by atoms with van der Waals surface area (Å²) in [6, 6.07) is 5.80. The van der Waals surface area contributed by atoms with Crippen LogP contribution in [0.5, 0.6) is 0 Å². The lowest BCUT2D eigenvalue weighted by Gasteiger charge is -2.57. The third kappa shape index (κ3) is 1.10. The summed E-state index contributed by atoms with van der Waals surface area (Å²) in [6.45, 7) is 3.38. The lowest BCUT2D eigenvalue weighted by atomic mass is 9.55. The molecule has 0 aromatic heterocycles. The van der Waals surface area contributed by atoms with Crippen LogP contribution in [0.3, 0.4) is 0 Å². The number of rotatable bonds is 1. The molecular formula is C12H12N4O2. The number of hydrogen-bond acceptors (Lipinski definition) is 6. The number of nitriles is 3. The quantitative estimate of drug-likeness (QED) is 0.749. The molecule has 0 amide bonds. The van der Waals surface area contributed by atoms with E-state index in [1.807, 2.05) is 18.2 Å². The predicted octanol–water partition coefficient (Wildman–Crippen LogP) is 1.45. The van der Waals surface area contributed by atoms with E-state index in [1.54, 1.807) is 13.8 Å². The van der Waals surface area contributed by atoms with E-state index in [1.165, 1.54) is 0 Å². The van der Waals surface area contributed by atoms with Crippen LogP contribution in [0.15, 0.2) is 0 Å². The van der Waals surface area contributed by atoms with Crippen molar-refractivity contribution < 1.29 is 9.47 Å². The maximum absolute atomic E-state index is 9.47. The molecule has 0 spiro atoms. The molecule has 3 atom stereocenters. The summed E-state index contributed by atoms with van der Waals surface area (Å²) in [5.74, 6) is -1.51. The van der Waals surface area contributed by atoms with Gasteiger partial charge in [0.25, 0.3) is 0 Å². The second-order valence-corrected chi connectivity index (χ2v) is 4.81. The Morgan fingerprint density at radius 1 is 1.33 bits per heavy atom. The predicted molar refractivity (Wildman–Crippen MR) is 58.7 cm³/mol. The first-order chi connectivity index (χ1) is 8.43. The van der Waals surface area contributed by atoms with Crippen LogP contribution in [-0.2, 0) is 9.47 Å². The fourth-order valence-electron chi connectivity index (χ4n) is 2.91. The van der Waals surface area contributed by atoms with Gasteiger partial charge in [-0.2, -0.15) is 15.8 Å². The van der Waals surface area contributed by atoms with Crippen LogP contribution in [0, 0.1) is 50.2 Å². The zero-order chi connectivity index (χ0) is 13.6. The monoisotopic (exact) mass is 244 g/mol. The Morgan fingerprint density at radius 3 is 2.39 bits per heavy atom. The summed E-state index contributed by atoms with van der Waals surface area (Å²) in [4.78, 5) is 0. The first-order valence-corrected chi connectivity index (χ1v) is 5.63. The minimum Gasteiger partial charge on any atom is -0.448 e. The second kappa shape index (κ2) is 3.45. The normalized spacial score (nSPS) is 40.2. The summed E-state index contributed by atoms with van der Waals surface area (Å²) >= 11 is 0. The van der Waals surface area contributed by atoms with E-state index in [2.05, 4.69) is 0 Å². The summed E-state index contributed by atoms with van der Waals surface area (Å²) in [7, 11) is 0. The van der Waals surface area contributed by atoms with Crippen molar-refractivity contribution in [3.63, 3.8) is 0 Å². The van der Waals surface area contributed by atoms with Gasteiger partial charge in [-0.05, 0) is 6.42 Å². The molecule has 3 saturated heterocycles. The van der Waals surface area contributed by atoms with E-state index < -0.39 is 22.7 Å². The van der Waals surface area contributed by atoms with E-state index in [-0.39, 0.29) is 12.3 Å². The van der Waals surface area contributed by atoms with Crippen molar-refractivity contribution >= 4 is 5.90 Å². The standard InChI is InChI=1S/C12H12N4O2/c1-3-8-12(7-15)9(16)18-10(2,17-8)4-11(12,5-13)6-14/h8,16H,3-4H2,1-2H3/t8-,10+,12+/m0/s1. The van der Waals surface area contributed by atoms with E-state index in [9.17, 15) is 15.8 Å². The molecule has 18 heavy (non-hydrogen) atoms. The van der Waals surface area contributed by atoms with Crippen LogP contribution >= 0.6 is 0 Å². The van der Waals surface area contributed by atoms with Gasteiger partial charge in [0.15, 0.2) is 10.8 Å². The van der Waals surface area contributed by atoms with Crippen LogP contribution in [0.2, 0.25) is 0 Å². The molecule has 92 valence electrons. The van der Waals surface area contributed by atoms with E-state index in [0.29, 0.717) is 6.42 Å². The van der Waals surface area contributed by atoms with Gasteiger partial charge in [-0.25, -0.2) is 0 Å². The molecule has 6 nitrogen and oxygen atoms in total. The molecule has 0 radical (unpaired) electrons. The van der Waals surface area contributed by atoms with Crippen LogP contribution in [0.25, 0.3) is 0 Å². The molecule has 1 N–H and O–H groups in total. The summed E-state index contributed by atoms with van der Waals surface area (Å²) in [5.41, 5.74) is -3.23. The van der Waals surface area contributed by atoms with Crippen LogP contribution in [0.4, 0.5) is 0 Å². The van der Waals surface area contributed by atoms with E-state index in [4.69, 9.17) is 14.9 Å². The third-order valence-corrected chi connectivity index (χ3v) is 3.74. The Hall–Kier alpha value is -2.10. The highest BCUT2D eigenvalue weighted by Gasteiger charge is 2.73. The average molecular weight is 244 g/mol. The lowest BCUT2D eigenvalue weighted by Crippen LogP contribution is -2.69. The van der Waals surface area contributed by atoms with Crippen molar-refractivity contribution in [2.45, 2.75) is 38.6 Å². The van der Waals surface area contributed by atoms with Gasteiger partial charge in [-0.15, -0.1) is 0 Å². The second-order valence-electron chi connectivity index (χ2n) is 4.81. The highest BCUT2D eigenvalue weighted by atomic mass is 16.7. The van der Waals surface area contributed by atoms with Crippen molar-refractivity contribution in [2.75, 3.05) is 0 Å². The molecule has 0 aromatic carbocycles. The molecule has 6 heteroatoms. The molecule has 0 aromatic rings. The molecule has 0 aliphatic carbocycles. The van der Waals surface area contributed by atoms with Gasteiger partial charge in [-0.3, -0.25) is 5.41 Å². The first kappa shape index (κ1) is 12.4. The molecule has 3 aliphatic rings. The van der Waals surface area contributed by atoms with Crippen LogP contribution < -0.4 is 0 Å². The van der Waals surface area contributed by atoms with Crippen molar-refractivity contribution in [1.29, 1.82) is 21.2 Å². The summed E-state index contributed by atoms with van der Waals surface area (Å²) in [5, 5.41) is 36.1. The molecule has 3 fully saturated rings.